The normalized spacial score (nSPS) is 10.4. The molecule has 2 aromatic carbocycles. The van der Waals surface area contributed by atoms with E-state index in [4.69, 9.17) is 4.74 Å². The molecule has 0 aliphatic carbocycles. The highest BCUT2D eigenvalue weighted by molar-refractivity contribution is 5.73. The number of nitrogens with zero attached hydrogens (tertiary/aromatic N) is 3. The lowest BCUT2D eigenvalue weighted by Crippen LogP contribution is -2.08. The topological polar surface area (TPSA) is 102 Å². The third-order valence-electron chi connectivity index (χ3n) is 3.81. The van der Waals surface area contributed by atoms with Gasteiger partial charge in [-0.05, 0) is 29.8 Å². The Hall–Kier alpha value is -3.82. The third-order valence-corrected chi connectivity index (χ3v) is 3.81. The fraction of sp³-hybridized carbons (Fsp3) is 0.111. The monoisotopic (exact) mass is 387 g/mol. The van der Waals surface area contributed by atoms with Gasteiger partial charge in [0.15, 0.2) is 0 Å². The van der Waals surface area contributed by atoms with E-state index in [1.54, 1.807) is 31.4 Å². The number of ether oxygens (including phenoxy) is 1. The molecule has 0 saturated carbocycles. The van der Waals surface area contributed by atoms with Gasteiger partial charge in [0, 0.05) is 12.6 Å². The summed E-state index contributed by atoms with van der Waals surface area (Å²) in [6, 6.07) is 9.93. The molecule has 0 saturated heterocycles. The maximum absolute atomic E-state index is 13.9. The van der Waals surface area contributed by atoms with Crippen LogP contribution < -0.4 is 15.4 Å². The first-order valence-corrected chi connectivity index (χ1v) is 8.06. The van der Waals surface area contributed by atoms with Gasteiger partial charge in [0.2, 0.25) is 11.6 Å². The Morgan fingerprint density at radius 2 is 1.82 bits per heavy atom. The van der Waals surface area contributed by atoms with Gasteiger partial charge >= 0.3 is 5.69 Å². The van der Waals surface area contributed by atoms with Crippen molar-refractivity contribution in [2.45, 2.75) is 6.54 Å². The lowest BCUT2D eigenvalue weighted by atomic mass is 10.2. The van der Waals surface area contributed by atoms with Gasteiger partial charge < -0.3 is 15.4 Å². The number of hydrogen-bond donors (Lipinski definition) is 2. The maximum Gasteiger partial charge on any atom is 0.353 e. The molecule has 0 spiro atoms. The van der Waals surface area contributed by atoms with E-state index in [0.717, 1.165) is 24.0 Å². The van der Waals surface area contributed by atoms with Crippen molar-refractivity contribution in [2.24, 2.45) is 0 Å². The summed E-state index contributed by atoms with van der Waals surface area (Å²) in [4.78, 5) is 18.6. The van der Waals surface area contributed by atoms with Gasteiger partial charge in [-0.15, -0.1) is 0 Å². The van der Waals surface area contributed by atoms with E-state index in [2.05, 4.69) is 20.6 Å². The number of nitro groups is 1. The number of rotatable bonds is 7. The van der Waals surface area contributed by atoms with Crippen molar-refractivity contribution in [3.8, 4) is 5.75 Å². The zero-order chi connectivity index (χ0) is 20.1. The second-order valence-corrected chi connectivity index (χ2v) is 5.63. The highest BCUT2D eigenvalue weighted by atomic mass is 19.1. The molecule has 8 nitrogen and oxygen atoms in total. The zero-order valence-corrected chi connectivity index (χ0v) is 14.6. The molecule has 0 unspecified atom stereocenters. The van der Waals surface area contributed by atoms with Gasteiger partial charge in [-0.3, -0.25) is 10.1 Å². The second-order valence-electron chi connectivity index (χ2n) is 5.63. The highest BCUT2D eigenvalue weighted by Gasteiger charge is 2.23. The molecule has 0 radical (unpaired) electrons. The van der Waals surface area contributed by atoms with E-state index < -0.39 is 22.2 Å². The summed E-state index contributed by atoms with van der Waals surface area (Å²) in [7, 11) is 1.55. The molecule has 0 bridgehead atoms. The Bertz CT molecular complexity index is 999. The van der Waals surface area contributed by atoms with Crippen LogP contribution >= 0.6 is 0 Å². The largest absolute Gasteiger partial charge is 0.497 e. The van der Waals surface area contributed by atoms with E-state index in [-0.39, 0.29) is 23.9 Å². The molecule has 0 atom stereocenters. The first-order valence-electron chi connectivity index (χ1n) is 8.06. The van der Waals surface area contributed by atoms with Crippen LogP contribution in [-0.2, 0) is 6.54 Å². The average molecular weight is 387 g/mol. The minimum atomic E-state index is -0.902. The molecule has 1 heterocycles. The van der Waals surface area contributed by atoms with Gasteiger partial charge in [-0.25, -0.2) is 18.7 Å². The van der Waals surface area contributed by atoms with Crippen LogP contribution in [0.1, 0.15) is 5.56 Å². The van der Waals surface area contributed by atoms with Crippen LogP contribution in [-0.4, -0.2) is 22.0 Å². The lowest BCUT2D eigenvalue weighted by molar-refractivity contribution is -0.383. The van der Waals surface area contributed by atoms with Gasteiger partial charge in [-0.1, -0.05) is 12.1 Å². The second kappa shape index (κ2) is 8.25. The number of benzene rings is 2. The van der Waals surface area contributed by atoms with Crippen molar-refractivity contribution >= 4 is 23.0 Å². The molecule has 3 aromatic rings. The zero-order valence-electron chi connectivity index (χ0n) is 14.6. The van der Waals surface area contributed by atoms with E-state index >= 15 is 0 Å². The Kier molecular flexibility index (Phi) is 5.58. The number of nitrogens with one attached hydrogen (secondary N) is 2. The minimum absolute atomic E-state index is 0.0409. The fourth-order valence-electron chi connectivity index (χ4n) is 2.42. The Morgan fingerprint density at radius 1 is 1.11 bits per heavy atom. The summed E-state index contributed by atoms with van der Waals surface area (Å²) in [6.45, 7) is 0.256. The van der Waals surface area contributed by atoms with Crippen LogP contribution in [0.4, 0.5) is 31.8 Å². The van der Waals surface area contributed by atoms with Gasteiger partial charge in [0.05, 0.1) is 17.7 Å². The fourth-order valence-corrected chi connectivity index (χ4v) is 2.42. The van der Waals surface area contributed by atoms with Gasteiger partial charge in [0.25, 0.3) is 0 Å². The number of methoxy groups -OCH3 is 1. The predicted molar refractivity (Wildman–Crippen MR) is 98.6 cm³/mol. The first-order chi connectivity index (χ1) is 13.5. The Labute approximate surface area is 158 Å². The summed E-state index contributed by atoms with van der Waals surface area (Å²) in [5, 5.41) is 16.9. The van der Waals surface area contributed by atoms with Crippen LogP contribution in [0.5, 0.6) is 5.75 Å². The maximum atomic E-state index is 13.9. The molecule has 1 aromatic heterocycles. The van der Waals surface area contributed by atoms with E-state index in [1.807, 2.05) is 0 Å². The molecule has 0 amide bonds. The SMILES string of the molecule is COc1ccc(CNc2ncnc(Nc3ccc(F)cc3F)c2[N+](=O)[O-])cc1. The van der Waals surface area contributed by atoms with Crippen molar-refractivity contribution in [1.82, 2.24) is 9.97 Å². The minimum Gasteiger partial charge on any atom is -0.497 e. The summed E-state index contributed by atoms with van der Waals surface area (Å²) in [6.07, 6.45) is 1.10. The molecular weight excluding hydrogens is 372 g/mol. The number of anilines is 3. The number of aromatic nitrogens is 2. The molecule has 28 heavy (non-hydrogen) atoms. The summed E-state index contributed by atoms with van der Waals surface area (Å²) in [5.74, 6) is -1.24. The Balaban J connectivity index is 1.85. The quantitative estimate of drug-likeness (QED) is 0.466. The number of halogens is 2. The van der Waals surface area contributed by atoms with Crippen molar-refractivity contribution in [3.05, 3.63) is 76.1 Å². The Morgan fingerprint density at radius 3 is 2.46 bits per heavy atom. The van der Waals surface area contributed by atoms with Crippen LogP contribution in [0.2, 0.25) is 0 Å². The van der Waals surface area contributed by atoms with Crippen LogP contribution in [0, 0.1) is 21.7 Å². The van der Waals surface area contributed by atoms with Crippen molar-refractivity contribution in [1.29, 1.82) is 0 Å². The smallest absolute Gasteiger partial charge is 0.353 e. The molecule has 144 valence electrons. The van der Waals surface area contributed by atoms with E-state index in [0.29, 0.717) is 11.8 Å². The lowest BCUT2D eigenvalue weighted by Gasteiger charge is -2.11. The van der Waals surface area contributed by atoms with Crippen molar-refractivity contribution in [3.63, 3.8) is 0 Å². The summed E-state index contributed by atoms with van der Waals surface area (Å²) in [5.41, 5.74) is 0.233. The molecule has 0 fully saturated rings. The molecule has 0 aliphatic heterocycles. The number of hydrogen-bond acceptors (Lipinski definition) is 7. The van der Waals surface area contributed by atoms with Gasteiger partial charge in [0.1, 0.15) is 23.7 Å². The van der Waals surface area contributed by atoms with E-state index in [9.17, 15) is 18.9 Å². The van der Waals surface area contributed by atoms with Crippen LogP contribution in [0.3, 0.4) is 0 Å². The summed E-state index contributed by atoms with van der Waals surface area (Å²) >= 11 is 0. The predicted octanol–water partition coefficient (Wildman–Crippen LogP) is 4.03. The molecule has 3 rings (SSSR count). The van der Waals surface area contributed by atoms with E-state index in [1.165, 1.54) is 0 Å². The van der Waals surface area contributed by atoms with Crippen molar-refractivity contribution in [2.75, 3.05) is 17.7 Å². The molecule has 10 heteroatoms. The highest BCUT2D eigenvalue weighted by Crippen LogP contribution is 2.32. The van der Waals surface area contributed by atoms with Crippen molar-refractivity contribution < 1.29 is 18.4 Å². The summed E-state index contributed by atoms with van der Waals surface area (Å²) < 4.78 is 32.0. The molecule has 0 aliphatic rings. The third kappa shape index (κ3) is 4.29. The standard InChI is InChI=1S/C18H15F2N5O3/c1-28-13-5-2-11(3-6-13)9-21-17-16(25(26)27)18(23-10-22-17)24-15-7-4-12(19)8-14(15)20/h2-8,10H,9H2,1H3,(H2,21,22,23,24). The average Bonchev–Trinajstić information content (AvgIpc) is 2.68. The molecular formula is C18H15F2N5O3. The van der Waals surface area contributed by atoms with Crippen LogP contribution in [0.15, 0.2) is 48.8 Å². The first kappa shape index (κ1) is 19.0. The molecule has 2 N–H and O–H groups in total. The van der Waals surface area contributed by atoms with Gasteiger partial charge in [-0.2, -0.15) is 0 Å². The van der Waals surface area contributed by atoms with Crippen LogP contribution in [0.25, 0.3) is 0 Å².